The Kier molecular flexibility index (Phi) is 29.6. The number of carboxylic acids is 1. The number of hydrogen-bond donors (Lipinski definition) is 5. The average Bonchev–Trinajstić information content (AvgIpc) is 1.85. The Hall–Kier alpha value is -7.80. The number of anilines is 1. The first-order valence-corrected chi connectivity index (χ1v) is 30.6. The molecule has 0 unspecified atom stereocenters. The van der Waals surface area contributed by atoms with E-state index >= 15 is 0 Å². The van der Waals surface area contributed by atoms with Gasteiger partial charge in [-0.3, -0.25) is 26.6 Å². The van der Waals surface area contributed by atoms with E-state index in [0.717, 1.165) is 49.4 Å². The highest BCUT2D eigenvalue weighted by atomic mass is 127. The number of fused-ring (bicyclic) bond motifs is 15. The quantitative estimate of drug-likeness (QED) is 0.0266. The summed E-state index contributed by atoms with van der Waals surface area (Å²) in [6, 6.07) is 80.7. The summed E-state index contributed by atoms with van der Waals surface area (Å²) in [6.45, 7) is 3.01. The lowest BCUT2D eigenvalue weighted by Crippen LogP contribution is -2.04. The molecule has 4 aliphatic carbocycles. The first-order valence-electron chi connectivity index (χ1n) is 29.4. The number of aliphatic hydroxyl groups is 1. The van der Waals surface area contributed by atoms with Crippen molar-refractivity contribution in [2.24, 2.45) is 11.7 Å². The van der Waals surface area contributed by atoms with Crippen LogP contribution in [0.5, 0.6) is 0 Å². The summed E-state index contributed by atoms with van der Waals surface area (Å²) in [7, 11) is 0. The van der Waals surface area contributed by atoms with Gasteiger partial charge in [-0.1, -0.05) is 191 Å². The van der Waals surface area contributed by atoms with Crippen LogP contribution in [-0.2, 0) is 56.2 Å². The molecule has 4 aliphatic rings. The van der Waals surface area contributed by atoms with Crippen molar-refractivity contribution in [2.75, 3.05) is 12.3 Å². The van der Waals surface area contributed by atoms with Crippen molar-refractivity contribution in [2.45, 2.75) is 80.1 Å². The maximum Gasteiger partial charge on any atom is 0.300 e. The van der Waals surface area contributed by atoms with Crippen molar-refractivity contribution in [3.8, 4) is 44.5 Å². The van der Waals surface area contributed by atoms with Gasteiger partial charge in [0.1, 0.15) is 0 Å². The number of nitrogens with zero attached hydrogens (tertiary/aromatic N) is 1. The van der Waals surface area contributed by atoms with Crippen LogP contribution in [0.1, 0.15) is 76.2 Å². The van der Waals surface area contributed by atoms with Crippen LogP contribution in [0.25, 0.3) is 66.1 Å². The lowest BCUT2D eigenvalue weighted by Gasteiger charge is -2.19. The first-order chi connectivity index (χ1) is 42.4. The molecule has 0 saturated heterocycles. The second-order valence-corrected chi connectivity index (χ2v) is 23.1. The molecule has 0 radical (unpaired) electrons. The van der Waals surface area contributed by atoms with E-state index in [0.29, 0.717) is 0 Å². The Morgan fingerprint density at radius 2 is 0.753 bits per heavy atom. The molecule has 0 amide bonds. The Bertz CT molecular complexity index is 3970. The summed E-state index contributed by atoms with van der Waals surface area (Å²) < 4.78 is 12.6. The topological polar surface area (TPSA) is 210 Å². The lowest BCUT2D eigenvalue weighted by molar-refractivity contribution is -0.384. The van der Waals surface area contributed by atoms with Crippen molar-refractivity contribution >= 4 is 96.5 Å². The average molecular weight is 1440 g/mol. The van der Waals surface area contributed by atoms with Gasteiger partial charge in [-0.2, -0.15) is 0 Å². The van der Waals surface area contributed by atoms with Gasteiger partial charge < -0.3 is 21.4 Å². The first kappa shape index (κ1) is 71.9. The molecule has 89 heavy (non-hydrogen) atoms. The predicted molar refractivity (Wildman–Crippen MR) is 396 cm³/mol. The van der Waals surface area contributed by atoms with Crippen LogP contribution < -0.4 is 17.4 Å². The number of nitro groups is 1. The Labute approximate surface area is 561 Å². The molecule has 13 heteroatoms. The summed E-state index contributed by atoms with van der Waals surface area (Å²) in [5.41, 5.74) is 28.9. The van der Waals surface area contributed by atoms with Crippen LogP contribution in [0, 0.1) is 17.3 Å². The van der Waals surface area contributed by atoms with E-state index in [1.165, 1.54) is 132 Å². The number of hydrazine groups is 1. The number of hydrogen-bond acceptors (Lipinski definition) is 7. The molecule has 0 heterocycles. The molecule has 10 nitrogen and oxygen atoms in total. The van der Waals surface area contributed by atoms with Crippen LogP contribution in [0.4, 0.5) is 11.4 Å². The van der Waals surface area contributed by atoms with Crippen LogP contribution in [0.15, 0.2) is 231 Å². The minimum absolute atomic E-state index is 0. The summed E-state index contributed by atoms with van der Waals surface area (Å²) >= 11 is 4.74. The number of non-ortho nitro benzene ring substituents is 1. The van der Waals surface area contributed by atoms with Crippen molar-refractivity contribution in [1.82, 2.24) is 0 Å². The standard InChI is InChI=1S/C14H11I.C14H9I.C14H11NO2.C14H13N.C14H12.C2H4O2.C2H6O.2CH4.ClH.H4N2.H2O.H2/c2*15-12-7-8-14-11(9-12)6-5-10-3-1-2-4-13(10)14;16-15(17)12-7-8-14-11(9-12)6-5-10-3-1-2-4-13(10)14;15-12-7-8-14-11(9-12)6-5-10-3-1-2-4-13(10)14;1-3-7-13-11(5-1)9-10-12-6-2-4-8-14(12)13;1-2(3)4;1-2-3;;;;1-2;;/h1-4,7-9H,5-6H2;1-9H;1-4,7-9H,5-6H2;1-4,7-9H,5-6,15H2;1-8H,9-10H2;1H3,(H,3,4);3H,2H2,1H3;2*1H4;1H;1-2H2;1H2;1H/i;;;;;;;;;;;;1+1D. The maximum absolute atomic E-state index is 10.7. The number of benzene rings is 11. The number of nitro benzene ring substituents is 1. The zero-order valence-corrected chi connectivity index (χ0v) is 53.9. The molecular formula is C76H83ClI2N4O6. The van der Waals surface area contributed by atoms with Gasteiger partial charge in [-0.25, -0.2) is 0 Å². The molecule has 10 N–H and O–H groups in total. The van der Waals surface area contributed by atoms with Crippen molar-refractivity contribution in [3.05, 3.63) is 292 Å². The van der Waals surface area contributed by atoms with Crippen LogP contribution in [0.2, 0.25) is 0 Å². The fraction of sp³-hybridized carbons (Fsp3) is 0.171. The largest absolute Gasteiger partial charge is 0.481 e. The number of nitrogens with two attached hydrogens (primary N) is 3. The molecule has 15 rings (SSSR count). The molecule has 464 valence electrons. The molecule has 0 saturated carbocycles. The van der Waals surface area contributed by atoms with E-state index in [1.807, 2.05) is 24.3 Å². The molecule has 0 atom stereocenters. The van der Waals surface area contributed by atoms with Gasteiger partial charge >= 0.3 is 0 Å². The second kappa shape index (κ2) is 36.6. The molecule has 0 spiro atoms. The van der Waals surface area contributed by atoms with Crippen LogP contribution in [-0.4, -0.2) is 33.2 Å². The number of aliphatic carboxylic acids is 1. The third-order valence-electron chi connectivity index (χ3n) is 15.1. The zero-order valence-electron chi connectivity index (χ0n) is 50.8. The van der Waals surface area contributed by atoms with Crippen molar-refractivity contribution < 1.29 is 28.4 Å². The Balaban J connectivity index is 0.000000283. The van der Waals surface area contributed by atoms with Gasteiger partial charge in [-0.05, 0) is 256 Å². The van der Waals surface area contributed by atoms with Crippen molar-refractivity contribution in [1.29, 1.82) is 0 Å². The molecule has 0 bridgehead atoms. The van der Waals surface area contributed by atoms with Gasteiger partial charge in [0.2, 0.25) is 0 Å². The number of carbonyl (C=O) groups is 1. The fourth-order valence-electron chi connectivity index (χ4n) is 11.3. The zero-order chi connectivity index (χ0) is 62.2. The van der Waals surface area contributed by atoms with Crippen LogP contribution in [0.3, 0.4) is 0 Å². The van der Waals surface area contributed by atoms with E-state index in [2.05, 4.69) is 251 Å². The van der Waals surface area contributed by atoms with E-state index < -0.39 is 5.97 Å². The minimum Gasteiger partial charge on any atom is -0.481 e. The predicted octanol–water partition coefficient (Wildman–Crippen LogP) is 18.5. The Morgan fingerprint density at radius 3 is 1.18 bits per heavy atom. The van der Waals surface area contributed by atoms with Gasteiger partial charge in [0.25, 0.3) is 11.7 Å². The van der Waals surface area contributed by atoms with Gasteiger partial charge in [0.15, 0.2) is 0 Å². The third-order valence-corrected chi connectivity index (χ3v) is 16.4. The highest BCUT2D eigenvalue weighted by Gasteiger charge is 2.20. The fourth-order valence-corrected chi connectivity index (χ4v) is 12.4. The van der Waals surface area contributed by atoms with E-state index in [-0.39, 0.29) is 50.0 Å². The number of aliphatic hydroxyl groups excluding tert-OH is 1. The molecule has 11 aromatic rings. The summed E-state index contributed by atoms with van der Waals surface area (Å²) in [4.78, 5) is 19.4. The van der Waals surface area contributed by atoms with E-state index in [4.69, 9.17) is 23.7 Å². The van der Waals surface area contributed by atoms with Gasteiger partial charge in [0, 0.05) is 41.5 Å². The van der Waals surface area contributed by atoms with Gasteiger partial charge in [0.05, 0.1) is 4.92 Å². The number of halogens is 3. The molecule has 0 aromatic heterocycles. The third kappa shape index (κ3) is 19.4. The summed E-state index contributed by atoms with van der Waals surface area (Å²) in [6.07, 6.45) is 8.83. The number of rotatable bonds is 1. The number of nitrogen functional groups attached to an aromatic ring is 1. The Morgan fingerprint density at radius 1 is 0.461 bits per heavy atom. The highest BCUT2D eigenvalue weighted by molar-refractivity contribution is 14.1. The summed E-state index contributed by atoms with van der Waals surface area (Å²) in [5.74, 6) is 7.17. The normalized spacial score (nSPS) is 11.4. The molecule has 0 fully saturated rings. The maximum atomic E-state index is 10.7. The number of aryl methyl sites for hydroxylation is 8. The summed E-state index contributed by atoms with van der Waals surface area (Å²) in [5, 5.41) is 31.0. The second-order valence-electron chi connectivity index (χ2n) is 20.6. The van der Waals surface area contributed by atoms with Crippen LogP contribution >= 0.6 is 57.6 Å². The van der Waals surface area contributed by atoms with Gasteiger partial charge in [-0.15, -0.1) is 12.4 Å². The molecular weight excluding hydrogens is 1350 g/mol. The molecule has 0 aliphatic heterocycles. The SMILES string of the molecule is C.C.CC(=O)O.CCO.Cl.Ic1ccc2c(c1)CCc1ccccc1-2.Ic1ccc2c(ccc3ccccc32)c1.NN.Nc1ccc2c(c1)CCc1ccccc1-2.O.O=[N+]([O-])c1ccc2c(c1)CCc1ccccc1-2.[2H][2H].c1ccc2c(c1)CCc1ccccc1-2. The molecule has 11 aromatic carbocycles. The van der Waals surface area contributed by atoms with E-state index in [1.54, 1.807) is 19.1 Å². The smallest absolute Gasteiger partial charge is 0.300 e. The van der Waals surface area contributed by atoms with Crippen molar-refractivity contribution in [3.63, 3.8) is 0 Å². The highest BCUT2D eigenvalue weighted by Crippen LogP contribution is 2.38. The minimum atomic E-state index is -0.833. The monoisotopic (exact) mass is 1440 g/mol. The lowest BCUT2D eigenvalue weighted by atomic mass is 9.85. The van der Waals surface area contributed by atoms with E-state index in [9.17, 15) is 10.1 Å². The number of carboxylic acid groups (broad SMARTS) is 1.